The predicted octanol–water partition coefficient (Wildman–Crippen LogP) is 2.86. The third kappa shape index (κ3) is 3.29. The first-order valence-electron chi connectivity index (χ1n) is 9.10. The van der Waals surface area contributed by atoms with Crippen molar-refractivity contribution < 1.29 is 14.0 Å². The van der Waals surface area contributed by atoms with E-state index in [9.17, 15) is 9.59 Å². The van der Waals surface area contributed by atoms with Crippen LogP contribution < -0.4 is 5.32 Å². The summed E-state index contributed by atoms with van der Waals surface area (Å²) in [5.74, 6) is 0.00244. The van der Waals surface area contributed by atoms with E-state index in [2.05, 4.69) is 17.3 Å². The van der Waals surface area contributed by atoms with Gasteiger partial charge in [-0.3, -0.25) is 9.59 Å². The van der Waals surface area contributed by atoms with Crippen molar-refractivity contribution >= 4 is 28.2 Å². The fourth-order valence-corrected chi connectivity index (χ4v) is 4.90. The zero-order valence-corrected chi connectivity index (χ0v) is 15.7. The molecule has 1 fully saturated rings. The summed E-state index contributed by atoms with van der Waals surface area (Å²) in [5, 5.41) is 3.60. The van der Waals surface area contributed by atoms with E-state index in [1.54, 1.807) is 23.5 Å². The van der Waals surface area contributed by atoms with E-state index < -0.39 is 0 Å². The van der Waals surface area contributed by atoms with E-state index >= 15 is 0 Å². The summed E-state index contributed by atoms with van der Waals surface area (Å²) in [6.07, 6.45) is 5.61. The predicted molar refractivity (Wildman–Crippen MR) is 101 cm³/mol. The van der Waals surface area contributed by atoms with E-state index in [1.165, 1.54) is 11.1 Å². The van der Waals surface area contributed by atoms with Gasteiger partial charge in [0.1, 0.15) is 5.00 Å². The lowest BCUT2D eigenvalue weighted by Gasteiger charge is -2.32. The molecule has 1 aliphatic carbocycles. The summed E-state index contributed by atoms with van der Waals surface area (Å²) in [4.78, 5) is 31.1. The van der Waals surface area contributed by atoms with Crippen molar-refractivity contribution in [2.45, 2.75) is 25.7 Å². The van der Waals surface area contributed by atoms with Crippen LogP contribution in [0.25, 0.3) is 0 Å². The van der Waals surface area contributed by atoms with Crippen LogP contribution in [0.3, 0.4) is 0 Å². The molecule has 0 atom stereocenters. The fourth-order valence-electron chi connectivity index (χ4n) is 3.62. The van der Waals surface area contributed by atoms with Gasteiger partial charge in [-0.1, -0.05) is 0 Å². The Morgan fingerprint density at radius 1 is 1.15 bits per heavy atom. The molecule has 0 radical (unpaired) electrons. The number of likely N-dealkylation sites (N-methyl/N-ethyl adjacent to an activating group) is 1. The average molecular weight is 373 g/mol. The van der Waals surface area contributed by atoms with Gasteiger partial charge in [-0.15, -0.1) is 11.3 Å². The van der Waals surface area contributed by atoms with Crippen LogP contribution in [0.5, 0.6) is 0 Å². The highest BCUT2D eigenvalue weighted by molar-refractivity contribution is 7.17. The zero-order valence-electron chi connectivity index (χ0n) is 14.9. The molecule has 3 heterocycles. The molecule has 0 bridgehead atoms. The van der Waals surface area contributed by atoms with Crippen molar-refractivity contribution in [2.75, 3.05) is 38.5 Å². The van der Waals surface area contributed by atoms with Crippen LogP contribution in [0.15, 0.2) is 22.8 Å². The van der Waals surface area contributed by atoms with Crippen molar-refractivity contribution in [1.82, 2.24) is 9.80 Å². The number of nitrogens with zero attached hydrogens (tertiary/aromatic N) is 2. The smallest absolute Gasteiger partial charge is 0.291 e. The Bertz CT molecular complexity index is 804. The number of hydrogen-bond donors (Lipinski definition) is 1. The molecule has 1 aliphatic heterocycles. The SMILES string of the molecule is CN1CCN(C(=O)c2c(NC(=O)c3ccco3)sc3c2CCCC3)CC1. The number of furan rings is 1. The highest BCUT2D eigenvalue weighted by atomic mass is 32.1. The zero-order chi connectivity index (χ0) is 18.1. The maximum atomic E-state index is 13.3. The molecule has 0 unspecified atom stereocenters. The van der Waals surface area contributed by atoms with Crippen LogP contribution in [0.2, 0.25) is 0 Å². The molecule has 0 aromatic carbocycles. The second kappa shape index (κ2) is 7.25. The number of carbonyl (C=O) groups is 2. The van der Waals surface area contributed by atoms with E-state index in [0.717, 1.165) is 57.4 Å². The molecule has 0 spiro atoms. The molecule has 6 nitrogen and oxygen atoms in total. The molecule has 26 heavy (non-hydrogen) atoms. The maximum absolute atomic E-state index is 13.3. The normalized spacial score (nSPS) is 17.8. The molecule has 2 aromatic rings. The van der Waals surface area contributed by atoms with Crippen LogP contribution in [-0.2, 0) is 12.8 Å². The molecule has 7 heteroatoms. The summed E-state index contributed by atoms with van der Waals surface area (Å²) >= 11 is 1.55. The standard InChI is InChI=1S/C19H23N3O3S/c1-21-8-10-22(11-9-21)19(24)16-13-5-2-3-7-15(13)26-18(16)20-17(23)14-6-4-12-25-14/h4,6,12H,2-3,5,7-11H2,1H3,(H,20,23). The Kier molecular flexibility index (Phi) is 4.82. The molecule has 138 valence electrons. The van der Waals surface area contributed by atoms with Crippen molar-refractivity contribution in [2.24, 2.45) is 0 Å². The Morgan fingerprint density at radius 2 is 1.92 bits per heavy atom. The van der Waals surface area contributed by atoms with Gasteiger partial charge in [0.2, 0.25) is 0 Å². The lowest BCUT2D eigenvalue weighted by Crippen LogP contribution is -2.47. The van der Waals surface area contributed by atoms with Crippen molar-refractivity contribution in [3.63, 3.8) is 0 Å². The average Bonchev–Trinajstić information content (AvgIpc) is 3.29. The molecule has 2 amide bonds. The van der Waals surface area contributed by atoms with Gasteiger partial charge in [-0.2, -0.15) is 0 Å². The number of carbonyl (C=O) groups excluding carboxylic acids is 2. The topological polar surface area (TPSA) is 65.8 Å². The molecule has 1 saturated heterocycles. The first-order chi connectivity index (χ1) is 12.6. The van der Waals surface area contributed by atoms with Gasteiger partial charge in [-0.05, 0) is 50.4 Å². The largest absolute Gasteiger partial charge is 0.459 e. The van der Waals surface area contributed by atoms with Gasteiger partial charge in [0, 0.05) is 31.1 Å². The first-order valence-corrected chi connectivity index (χ1v) is 9.92. The van der Waals surface area contributed by atoms with E-state index in [4.69, 9.17) is 4.42 Å². The molecule has 1 N–H and O–H groups in total. The van der Waals surface area contributed by atoms with Crippen molar-refractivity contribution in [3.8, 4) is 0 Å². The molecular weight excluding hydrogens is 350 g/mol. The van der Waals surface area contributed by atoms with Crippen LogP contribution >= 0.6 is 11.3 Å². The molecule has 2 aliphatic rings. The second-order valence-corrected chi connectivity index (χ2v) is 8.05. The third-order valence-electron chi connectivity index (χ3n) is 5.15. The van der Waals surface area contributed by atoms with Crippen LogP contribution in [0.1, 0.15) is 44.2 Å². The minimum absolute atomic E-state index is 0.0484. The molecule has 4 rings (SSSR count). The van der Waals surface area contributed by atoms with E-state index in [-0.39, 0.29) is 17.6 Å². The minimum Gasteiger partial charge on any atom is -0.459 e. The number of aryl methyl sites for hydroxylation is 1. The van der Waals surface area contributed by atoms with Gasteiger partial charge >= 0.3 is 0 Å². The quantitative estimate of drug-likeness (QED) is 0.898. The number of anilines is 1. The summed E-state index contributed by atoms with van der Waals surface area (Å²) in [7, 11) is 2.07. The van der Waals surface area contributed by atoms with Crippen molar-refractivity contribution in [3.05, 3.63) is 40.2 Å². The second-order valence-electron chi connectivity index (χ2n) is 6.94. The summed E-state index contributed by atoms with van der Waals surface area (Å²) in [6, 6.07) is 3.31. The van der Waals surface area contributed by atoms with E-state index in [1.807, 2.05) is 4.90 Å². The molecular formula is C19H23N3O3S. The number of thiophene rings is 1. The van der Waals surface area contributed by atoms with Gasteiger partial charge in [0.05, 0.1) is 11.8 Å². The van der Waals surface area contributed by atoms with Crippen LogP contribution in [0.4, 0.5) is 5.00 Å². The number of fused-ring (bicyclic) bond motifs is 1. The van der Waals surface area contributed by atoms with Crippen LogP contribution in [-0.4, -0.2) is 54.8 Å². The third-order valence-corrected chi connectivity index (χ3v) is 6.35. The minimum atomic E-state index is -0.305. The van der Waals surface area contributed by atoms with E-state index in [0.29, 0.717) is 10.6 Å². The maximum Gasteiger partial charge on any atom is 0.291 e. The summed E-state index contributed by atoms with van der Waals surface area (Å²) < 4.78 is 5.19. The number of hydrogen-bond acceptors (Lipinski definition) is 5. The monoisotopic (exact) mass is 373 g/mol. The Labute approximate surface area is 156 Å². The fraction of sp³-hybridized carbons (Fsp3) is 0.474. The highest BCUT2D eigenvalue weighted by Crippen LogP contribution is 2.39. The summed E-state index contributed by atoms with van der Waals surface area (Å²) in [5.41, 5.74) is 1.84. The van der Waals surface area contributed by atoms with Crippen LogP contribution in [0, 0.1) is 0 Å². The Hall–Kier alpha value is -2.12. The van der Waals surface area contributed by atoms with Gasteiger partial charge < -0.3 is 19.5 Å². The summed E-state index contributed by atoms with van der Waals surface area (Å²) in [6.45, 7) is 3.22. The first kappa shape index (κ1) is 17.3. The highest BCUT2D eigenvalue weighted by Gasteiger charge is 2.30. The van der Waals surface area contributed by atoms with Crippen molar-refractivity contribution in [1.29, 1.82) is 0 Å². The van der Waals surface area contributed by atoms with Gasteiger partial charge in [0.25, 0.3) is 11.8 Å². The number of rotatable bonds is 3. The van der Waals surface area contributed by atoms with Gasteiger partial charge in [-0.25, -0.2) is 0 Å². The number of amides is 2. The lowest BCUT2D eigenvalue weighted by molar-refractivity contribution is 0.0664. The lowest BCUT2D eigenvalue weighted by atomic mass is 9.95. The molecule has 2 aromatic heterocycles. The Balaban J connectivity index is 1.64. The Morgan fingerprint density at radius 3 is 2.65 bits per heavy atom. The number of piperazine rings is 1. The molecule has 0 saturated carbocycles. The van der Waals surface area contributed by atoms with Gasteiger partial charge in [0.15, 0.2) is 5.76 Å². The number of nitrogens with one attached hydrogen (secondary N) is 1.